The number of carbonyl (C=O) groups excluding carboxylic acids is 3. The lowest BCUT2D eigenvalue weighted by Crippen LogP contribution is -2.33. The van der Waals surface area contributed by atoms with E-state index in [1.165, 1.54) is 38.0 Å². The summed E-state index contributed by atoms with van der Waals surface area (Å²) in [4.78, 5) is 48.7. The molecule has 3 heterocycles. The van der Waals surface area contributed by atoms with Crippen LogP contribution in [0.15, 0.2) is 36.8 Å². The molecule has 0 aliphatic heterocycles. The number of nitrogens with zero attached hydrogens (tertiary/aromatic N) is 4. The Morgan fingerprint density at radius 2 is 1.33 bits per heavy atom. The van der Waals surface area contributed by atoms with Crippen molar-refractivity contribution in [3.05, 3.63) is 64.0 Å². The standard InChI is InChI=1S/C23H30N8O5/c1-23(2,6-7-24)30-13-15(9-19(30)22(34)27-5)28-11-14(8-17(28)20(32)25-3)29-12-16(31(35)36)10-18(29)21(33)26-4/h8-13H,6-7,24H2,1-5H3,(H,25,32)(H,26,33)(H,27,34). The van der Waals surface area contributed by atoms with Crippen molar-refractivity contribution in [1.82, 2.24) is 29.7 Å². The van der Waals surface area contributed by atoms with Crippen molar-refractivity contribution in [1.29, 1.82) is 0 Å². The van der Waals surface area contributed by atoms with Gasteiger partial charge in [0.05, 0.1) is 22.5 Å². The van der Waals surface area contributed by atoms with E-state index < -0.39 is 22.3 Å². The van der Waals surface area contributed by atoms with Gasteiger partial charge in [-0.05, 0) is 38.9 Å². The number of aromatic nitrogens is 3. The minimum Gasteiger partial charge on any atom is -0.354 e. The Morgan fingerprint density at radius 1 is 0.861 bits per heavy atom. The number of hydrogen-bond acceptors (Lipinski definition) is 6. The third-order valence-corrected chi connectivity index (χ3v) is 5.97. The lowest BCUT2D eigenvalue weighted by Gasteiger charge is -2.28. The molecule has 0 spiro atoms. The second-order valence-electron chi connectivity index (χ2n) is 8.71. The Hall–Kier alpha value is -4.39. The maximum atomic E-state index is 12.8. The first-order valence-electron chi connectivity index (χ1n) is 11.2. The zero-order valence-corrected chi connectivity index (χ0v) is 20.8. The highest BCUT2D eigenvalue weighted by atomic mass is 16.6. The molecule has 0 aliphatic rings. The molecule has 3 aromatic heterocycles. The van der Waals surface area contributed by atoms with Gasteiger partial charge in [-0.3, -0.25) is 24.5 Å². The second-order valence-corrected chi connectivity index (χ2v) is 8.71. The predicted molar refractivity (Wildman–Crippen MR) is 133 cm³/mol. The van der Waals surface area contributed by atoms with E-state index in [1.54, 1.807) is 27.6 Å². The Balaban J connectivity index is 2.27. The molecule has 13 heteroatoms. The van der Waals surface area contributed by atoms with E-state index in [0.29, 0.717) is 30.0 Å². The summed E-state index contributed by atoms with van der Waals surface area (Å²) in [5.41, 5.74) is 6.45. The van der Waals surface area contributed by atoms with Crippen molar-refractivity contribution in [2.45, 2.75) is 25.8 Å². The van der Waals surface area contributed by atoms with Crippen LogP contribution in [-0.2, 0) is 5.54 Å². The second kappa shape index (κ2) is 10.1. The van der Waals surface area contributed by atoms with Crippen LogP contribution in [0.3, 0.4) is 0 Å². The highest BCUT2D eigenvalue weighted by molar-refractivity contribution is 5.96. The molecule has 3 amide bonds. The van der Waals surface area contributed by atoms with Crippen LogP contribution in [0.25, 0.3) is 11.4 Å². The Morgan fingerprint density at radius 3 is 1.86 bits per heavy atom. The van der Waals surface area contributed by atoms with Crippen LogP contribution in [0.2, 0.25) is 0 Å². The molecule has 3 rings (SSSR count). The van der Waals surface area contributed by atoms with Crippen LogP contribution in [0.5, 0.6) is 0 Å². The molecular formula is C23H30N8O5. The molecule has 36 heavy (non-hydrogen) atoms. The van der Waals surface area contributed by atoms with Gasteiger partial charge in [-0.15, -0.1) is 0 Å². The summed E-state index contributed by atoms with van der Waals surface area (Å²) < 4.78 is 4.71. The maximum Gasteiger partial charge on any atom is 0.288 e. The first-order chi connectivity index (χ1) is 17.0. The largest absolute Gasteiger partial charge is 0.354 e. The summed E-state index contributed by atoms with van der Waals surface area (Å²) in [6, 6.07) is 4.31. The predicted octanol–water partition coefficient (Wildman–Crippen LogP) is 1.14. The minimum atomic E-state index is -0.602. The van der Waals surface area contributed by atoms with Crippen molar-refractivity contribution < 1.29 is 19.3 Å². The SMILES string of the molecule is CNC(=O)c1cc(-n2cc([N+](=O)[O-])cc2C(=O)NC)cn1-c1cc(C(=O)NC)n(C(C)(C)CCN)c1. The highest BCUT2D eigenvalue weighted by Crippen LogP contribution is 2.29. The molecule has 192 valence electrons. The van der Waals surface area contributed by atoms with Gasteiger partial charge in [-0.25, -0.2) is 0 Å². The Labute approximate surface area is 207 Å². The fourth-order valence-electron chi connectivity index (χ4n) is 4.02. The molecule has 0 unspecified atom stereocenters. The quantitative estimate of drug-likeness (QED) is 0.254. The number of nitrogens with one attached hydrogen (secondary N) is 3. The van der Waals surface area contributed by atoms with Crippen LogP contribution in [0, 0.1) is 10.1 Å². The third kappa shape index (κ3) is 4.73. The van der Waals surface area contributed by atoms with Crippen LogP contribution in [0.1, 0.15) is 51.7 Å². The van der Waals surface area contributed by atoms with E-state index >= 15 is 0 Å². The van der Waals surface area contributed by atoms with Crippen molar-refractivity contribution in [2.75, 3.05) is 27.7 Å². The number of carbonyl (C=O) groups is 3. The summed E-state index contributed by atoms with van der Waals surface area (Å²) in [5.74, 6) is -1.28. The smallest absolute Gasteiger partial charge is 0.288 e. The molecule has 0 fully saturated rings. The molecule has 0 aromatic carbocycles. The zero-order valence-electron chi connectivity index (χ0n) is 20.8. The lowest BCUT2D eigenvalue weighted by molar-refractivity contribution is -0.384. The average molecular weight is 499 g/mol. The summed E-state index contributed by atoms with van der Waals surface area (Å²) >= 11 is 0. The number of nitrogens with two attached hydrogens (primary N) is 1. The van der Waals surface area contributed by atoms with Crippen molar-refractivity contribution in [3.63, 3.8) is 0 Å². The molecule has 0 saturated carbocycles. The number of hydrogen-bond donors (Lipinski definition) is 4. The number of nitro groups is 1. The molecule has 0 bridgehead atoms. The molecule has 3 aromatic rings. The van der Waals surface area contributed by atoms with E-state index in [2.05, 4.69) is 16.0 Å². The third-order valence-electron chi connectivity index (χ3n) is 5.97. The van der Waals surface area contributed by atoms with Gasteiger partial charge in [0, 0.05) is 45.1 Å². The van der Waals surface area contributed by atoms with Crippen molar-refractivity contribution in [3.8, 4) is 11.4 Å². The summed E-state index contributed by atoms with van der Waals surface area (Å²) in [6.07, 6.45) is 5.12. The van der Waals surface area contributed by atoms with Crippen LogP contribution < -0.4 is 21.7 Å². The van der Waals surface area contributed by atoms with Gasteiger partial charge in [0.2, 0.25) is 0 Å². The van der Waals surface area contributed by atoms with E-state index in [0.717, 1.165) is 6.07 Å². The van der Waals surface area contributed by atoms with E-state index in [1.807, 2.05) is 13.8 Å². The summed E-state index contributed by atoms with van der Waals surface area (Å²) in [5, 5.41) is 19.0. The first kappa shape index (κ1) is 26.2. The van der Waals surface area contributed by atoms with Gasteiger partial charge >= 0.3 is 0 Å². The summed E-state index contributed by atoms with van der Waals surface area (Å²) in [7, 11) is 4.41. The average Bonchev–Trinajstić information content (AvgIpc) is 3.58. The molecule has 0 radical (unpaired) electrons. The van der Waals surface area contributed by atoms with Gasteiger partial charge in [-0.1, -0.05) is 0 Å². The highest BCUT2D eigenvalue weighted by Gasteiger charge is 2.28. The molecular weight excluding hydrogens is 468 g/mol. The molecule has 0 atom stereocenters. The van der Waals surface area contributed by atoms with Crippen molar-refractivity contribution >= 4 is 23.4 Å². The fourth-order valence-corrected chi connectivity index (χ4v) is 4.02. The molecule has 0 aliphatic carbocycles. The van der Waals surface area contributed by atoms with Gasteiger partial charge in [0.15, 0.2) is 0 Å². The maximum absolute atomic E-state index is 12.8. The van der Waals surface area contributed by atoms with Gasteiger partial charge in [-0.2, -0.15) is 0 Å². The van der Waals surface area contributed by atoms with Crippen molar-refractivity contribution in [2.24, 2.45) is 5.73 Å². The van der Waals surface area contributed by atoms with E-state index in [9.17, 15) is 24.5 Å². The Kier molecular flexibility index (Phi) is 7.34. The van der Waals surface area contributed by atoms with E-state index in [4.69, 9.17) is 5.73 Å². The minimum absolute atomic E-state index is 0.0255. The summed E-state index contributed by atoms with van der Waals surface area (Å²) in [6.45, 7) is 4.30. The topological polar surface area (TPSA) is 171 Å². The van der Waals surface area contributed by atoms with Crippen LogP contribution in [0.4, 0.5) is 5.69 Å². The van der Waals surface area contributed by atoms with Gasteiger partial charge < -0.3 is 35.4 Å². The van der Waals surface area contributed by atoms with Gasteiger partial charge in [0.1, 0.15) is 17.1 Å². The normalized spacial score (nSPS) is 11.3. The van der Waals surface area contributed by atoms with E-state index in [-0.39, 0.29) is 23.0 Å². The van der Waals surface area contributed by atoms with Crippen LogP contribution in [-0.4, -0.2) is 64.0 Å². The number of rotatable bonds is 9. The molecule has 5 N–H and O–H groups in total. The fraction of sp³-hybridized carbons (Fsp3) is 0.348. The molecule has 0 saturated heterocycles. The zero-order chi connectivity index (χ0) is 26.8. The van der Waals surface area contributed by atoms with Crippen LogP contribution >= 0.6 is 0 Å². The monoisotopic (exact) mass is 498 g/mol. The lowest BCUT2D eigenvalue weighted by atomic mass is 10.00. The first-order valence-corrected chi connectivity index (χ1v) is 11.2. The Bertz CT molecular complexity index is 1330. The van der Waals surface area contributed by atoms with Gasteiger partial charge in [0.25, 0.3) is 23.4 Å². The number of amides is 3. The molecule has 13 nitrogen and oxygen atoms in total.